The van der Waals surface area contributed by atoms with Crippen molar-refractivity contribution < 1.29 is 4.79 Å². The number of hydrogen-bond donors (Lipinski definition) is 2. The van der Waals surface area contributed by atoms with Crippen molar-refractivity contribution in [1.82, 2.24) is 5.32 Å². The number of nitrogens with one attached hydrogen (secondary N) is 2. The average molecular weight is 409 g/mol. The summed E-state index contributed by atoms with van der Waals surface area (Å²) in [5, 5.41) is 6.31. The quantitative estimate of drug-likeness (QED) is 0.579. The number of amides is 1. The highest BCUT2D eigenvalue weighted by molar-refractivity contribution is 9.10. The maximum Gasteiger partial charge on any atom is 0.238 e. The molecule has 1 unspecified atom stereocenters. The zero-order valence-electron chi connectivity index (χ0n) is 14.4. The predicted molar refractivity (Wildman–Crippen MR) is 110 cm³/mol. The molecule has 132 valence electrons. The number of carbonyl (C=O) groups is 1. The van der Waals surface area contributed by atoms with Gasteiger partial charge in [0.2, 0.25) is 5.91 Å². The molecule has 0 bridgehead atoms. The van der Waals surface area contributed by atoms with Gasteiger partial charge < -0.3 is 10.6 Å². The van der Waals surface area contributed by atoms with Gasteiger partial charge in [0.05, 0.1) is 6.54 Å². The molecule has 0 aliphatic rings. The molecule has 0 aliphatic carbocycles. The van der Waals surface area contributed by atoms with Crippen LogP contribution in [-0.2, 0) is 11.2 Å². The van der Waals surface area contributed by atoms with Crippen molar-refractivity contribution in [3.63, 3.8) is 0 Å². The highest BCUT2D eigenvalue weighted by Crippen LogP contribution is 2.18. The molecule has 0 heterocycles. The lowest BCUT2D eigenvalue weighted by molar-refractivity contribution is -0.115. The van der Waals surface area contributed by atoms with Crippen molar-refractivity contribution in [2.75, 3.05) is 11.9 Å². The summed E-state index contributed by atoms with van der Waals surface area (Å²) in [7, 11) is 0. The first-order valence-corrected chi connectivity index (χ1v) is 9.38. The van der Waals surface area contributed by atoms with Crippen molar-refractivity contribution in [3.8, 4) is 0 Å². The molecule has 1 atom stereocenters. The summed E-state index contributed by atoms with van der Waals surface area (Å²) < 4.78 is 0.987. The van der Waals surface area contributed by atoms with Gasteiger partial charge >= 0.3 is 0 Å². The summed E-state index contributed by atoms with van der Waals surface area (Å²) in [6.45, 7) is 0.252. The van der Waals surface area contributed by atoms with Gasteiger partial charge in [-0.25, -0.2) is 0 Å². The van der Waals surface area contributed by atoms with Gasteiger partial charge in [-0.3, -0.25) is 4.79 Å². The SMILES string of the molecule is O=C(CNC(Cc1ccccc1)c1ccccc1)Nc1ccc(Br)cc1. The van der Waals surface area contributed by atoms with E-state index in [0.29, 0.717) is 0 Å². The summed E-state index contributed by atoms with van der Waals surface area (Å²) >= 11 is 3.39. The van der Waals surface area contributed by atoms with E-state index in [-0.39, 0.29) is 18.5 Å². The highest BCUT2D eigenvalue weighted by Gasteiger charge is 2.13. The first-order chi connectivity index (χ1) is 12.7. The number of rotatable bonds is 7. The minimum Gasteiger partial charge on any atom is -0.325 e. The largest absolute Gasteiger partial charge is 0.325 e. The molecule has 2 N–H and O–H groups in total. The third kappa shape index (κ3) is 5.55. The lowest BCUT2D eigenvalue weighted by Gasteiger charge is -2.19. The Labute approximate surface area is 162 Å². The fraction of sp³-hybridized carbons (Fsp3) is 0.136. The Balaban J connectivity index is 1.63. The van der Waals surface area contributed by atoms with Gasteiger partial charge in [0.15, 0.2) is 0 Å². The van der Waals surface area contributed by atoms with E-state index in [0.717, 1.165) is 16.6 Å². The molecule has 26 heavy (non-hydrogen) atoms. The molecular weight excluding hydrogens is 388 g/mol. The minimum atomic E-state index is -0.0543. The molecule has 0 fully saturated rings. The van der Waals surface area contributed by atoms with E-state index >= 15 is 0 Å². The van der Waals surface area contributed by atoms with E-state index < -0.39 is 0 Å². The van der Waals surface area contributed by atoms with Crippen LogP contribution in [0.1, 0.15) is 17.2 Å². The zero-order chi connectivity index (χ0) is 18.2. The van der Waals surface area contributed by atoms with Crippen LogP contribution in [0.15, 0.2) is 89.4 Å². The van der Waals surface area contributed by atoms with Crippen LogP contribution in [0.5, 0.6) is 0 Å². The van der Waals surface area contributed by atoms with Gasteiger partial charge in [-0.2, -0.15) is 0 Å². The van der Waals surface area contributed by atoms with Crippen molar-refractivity contribution in [1.29, 1.82) is 0 Å². The standard InChI is InChI=1S/C22H21BrN2O/c23-19-11-13-20(14-12-19)25-22(26)16-24-21(18-9-5-2-6-10-18)15-17-7-3-1-4-8-17/h1-14,21,24H,15-16H2,(H,25,26). The molecule has 0 aliphatic heterocycles. The zero-order valence-corrected chi connectivity index (χ0v) is 15.9. The predicted octanol–water partition coefficient (Wildman–Crippen LogP) is 4.96. The second-order valence-electron chi connectivity index (χ2n) is 6.09. The van der Waals surface area contributed by atoms with Crippen LogP contribution in [0, 0.1) is 0 Å². The van der Waals surface area contributed by atoms with E-state index in [9.17, 15) is 4.79 Å². The van der Waals surface area contributed by atoms with Crippen molar-refractivity contribution in [3.05, 3.63) is 101 Å². The Hall–Kier alpha value is -2.43. The van der Waals surface area contributed by atoms with Crippen molar-refractivity contribution in [2.24, 2.45) is 0 Å². The number of carbonyl (C=O) groups excluding carboxylic acids is 1. The van der Waals surface area contributed by atoms with Crippen LogP contribution >= 0.6 is 15.9 Å². The topological polar surface area (TPSA) is 41.1 Å². The van der Waals surface area contributed by atoms with Gasteiger partial charge in [0, 0.05) is 16.2 Å². The van der Waals surface area contributed by atoms with Gasteiger partial charge in [-0.15, -0.1) is 0 Å². The molecule has 1 amide bonds. The van der Waals surface area contributed by atoms with Gasteiger partial charge in [-0.05, 0) is 41.8 Å². The molecule has 0 aromatic heterocycles. The Morgan fingerprint density at radius 3 is 2.12 bits per heavy atom. The van der Waals surface area contributed by atoms with E-state index in [2.05, 4.69) is 50.8 Å². The third-order valence-electron chi connectivity index (χ3n) is 4.12. The fourth-order valence-electron chi connectivity index (χ4n) is 2.80. The summed E-state index contributed by atoms with van der Waals surface area (Å²) in [6.07, 6.45) is 0.830. The Kier molecular flexibility index (Phi) is 6.58. The van der Waals surface area contributed by atoms with E-state index in [4.69, 9.17) is 0 Å². The first kappa shape index (κ1) is 18.4. The van der Waals surface area contributed by atoms with Crippen molar-refractivity contribution >= 4 is 27.5 Å². The molecule has 3 rings (SSSR count). The maximum absolute atomic E-state index is 12.3. The molecule has 3 aromatic rings. The number of hydrogen-bond acceptors (Lipinski definition) is 2. The summed E-state index contributed by atoms with van der Waals surface area (Å²) in [5.41, 5.74) is 3.20. The fourth-order valence-corrected chi connectivity index (χ4v) is 3.06. The van der Waals surface area contributed by atoms with Gasteiger partial charge in [0.25, 0.3) is 0 Å². The van der Waals surface area contributed by atoms with Crippen LogP contribution < -0.4 is 10.6 Å². The van der Waals surface area contributed by atoms with E-state index in [1.807, 2.05) is 60.7 Å². The lowest BCUT2D eigenvalue weighted by Crippen LogP contribution is -2.32. The Morgan fingerprint density at radius 1 is 0.846 bits per heavy atom. The van der Waals surface area contributed by atoms with Crippen molar-refractivity contribution in [2.45, 2.75) is 12.5 Å². The molecule has 4 heteroatoms. The normalized spacial score (nSPS) is 11.7. The Bertz CT molecular complexity index is 820. The molecule has 0 radical (unpaired) electrons. The van der Waals surface area contributed by atoms with Crippen LogP contribution in [0.2, 0.25) is 0 Å². The van der Waals surface area contributed by atoms with Gasteiger partial charge in [-0.1, -0.05) is 76.6 Å². The lowest BCUT2D eigenvalue weighted by atomic mass is 9.99. The number of halogens is 1. The summed E-state index contributed by atoms with van der Waals surface area (Å²) in [4.78, 5) is 12.3. The van der Waals surface area contributed by atoms with Crippen LogP contribution in [0.3, 0.4) is 0 Å². The highest BCUT2D eigenvalue weighted by atomic mass is 79.9. The van der Waals surface area contributed by atoms with E-state index in [1.54, 1.807) is 0 Å². The molecule has 0 saturated carbocycles. The monoisotopic (exact) mass is 408 g/mol. The average Bonchev–Trinajstić information content (AvgIpc) is 2.68. The third-order valence-corrected chi connectivity index (χ3v) is 4.65. The maximum atomic E-state index is 12.3. The molecule has 0 spiro atoms. The Morgan fingerprint density at radius 2 is 1.46 bits per heavy atom. The van der Waals surface area contributed by atoms with Gasteiger partial charge in [0.1, 0.15) is 0 Å². The summed E-state index contributed by atoms with van der Waals surface area (Å²) in [6, 6.07) is 28.2. The summed E-state index contributed by atoms with van der Waals surface area (Å²) in [5.74, 6) is -0.0543. The minimum absolute atomic E-state index is 0.0543. The number of anilines is 1. The molecular formula is C22H21BrN2O. The molecule has 3 aromatic carbocycles. The molecule has 3 nitrogen and oxygen atoms in total. The van der Waals surface area contributed by atoms with Crippen LogP contribution in [0.4, 0.5) is 5.69 Å². The van der Waals surface area contributed by atoms with Crippen LogP contribution in [-0.4, -0.2) is 12.5 Å². The van der Waals surface area contributed by atoms with Crippen LogP contribution in [0.25, 0.3) is 0 Å². The first-order valence-electron chi connectivity index (χ1n) is 8.58. The second kappa shape index (κ2) is 9.32. The second-order valence-corrected chi connectivity index (χ2v) is 7.00. The number of benzene rings is 3. The van der Waals surface area contributed by atoms with E-state index in [1.165, 1.54) is 11.1 Å². The molecule has 0 saturated heterocycles. The smallest absolute Gasteiger partial charge is 0.238 e.